The summed E-state index contributed by atoms with van der Waals surface area (Å²) in [5.74, 6) is -3.69. The van der Waals surface area contributed by atoms with Gasteiger partial charge in [0.1, 0.15) is 5.75 Å². The molecule has 9 rings (SSSR count). The first-order chi connectivity index (χ1) is 22.9. The van der Waals surface area contributed by atoms with E-state index in [1.165, 1.54) is 41.3 Å². The zero-order chi connectivity index (χ0) is 33.4. The lowest BCUT2D eigenvalue weighted by molar-refractivity contribution is -0.152. The molecule has 11 heteroatoms. The molecule has 3 aliphatic carbocycles. The van der Waals surface area contributed by atoms with E-state index in [0.29, 0.717) is 27.6 Å². The van der Waals surface area contributed by atoms with Crippen molar-refractivity contribution in [2.75, 3.05) is 13.1 Å². The van der Waals surface area contributed by atoms with Crippen LogP contribution in [0.5, 0.6) is 5.75 Å². The molecular formula is C37H36ClF2N3O4S. The van der Waals surface area contributed by atoms with Gasteiger partial charge in [0.2, 0.25) is 15.9 Å². The van der Waals surface area contributed by atoms with E-state index in [1.54, 1.807) is 42.5 Å². The van der Waals surface area contributed by atoms with Crippen molar-refractivity contribution < 1.29 is 26.7 Å². The maximum Gasteiger partial charge on any atom is 0.298 e. The molecule has 4 aromatic rings. The highest BCUT2D eigenvalue weighted by Crippen LogP contribution is 2.72. The molecule has 2 bridgehead atoms. The third-order valence-electron chi connectivity index (χ3n) is 11.1. The second kappa shape index (κ2) is 11.5. The predicted octanol–water partition coefficient (Wildman–Crippen LogP) is 6.73. The largest absolute Gasteiger partial charge is 0.490 e. The summed E-state index contributed by atoms with van der Waals surface area (Å²) in [6.07, 6.45) is 5.32. The standard InChI is InChI=1S/C37H36ClF2N3O4S/c38-27-13-7-23(8-14-27)22-5-11-26(12-6-22)37(39,40)34(35(44)43-20-31-32-19-36(32,21-43)33(31)41)42-48(45,46)30-16-10-24-17-29(15-9-25(24)18-30)47-28-3-1-2-4-28/h5-18,28,31-34,42H,1-4,19-21,41H2/t31?,32?,33?,34-,36?/m0/s1. The first-order valence-electron chi connectivity index (χ1n) is 16.5. The molecule has 5 aliphatic rings. The second-order valence-electron chi connectivity index (χ2n) is 13.9. The highest BCUT2D eigenvalue weighted by molar-refractivity contribution is 7.89. The lowest BCUT2D eigenvalue weighted by Crippen LogP contribution is -2.67. The van der Waals surface area contributed by atoms with E-state index < -0.39 is 33.5 Å². The van der Waals surface area contributed by atoms with Crippen molar-refractivity contribution in [3.05, 3.63) is 95.5 Å². The molecule has 0 aromatic heterocycles. The van der Waals surface area contributed by atoms with E-state index in [4.69, 9.17) is 22.1 Å². The van der Waals surface area contributed by atoms with Crippen molar-refractivity contribution in [1.82, 2.24) is 9.62 Å². The molecule has 2 saturated heterocycles. The average molecular weight is 692 g/mol. The highest BCUT2D eigenvalue weighted by Gasteiger charge is 2.75. The molecule has 48 heavy (non-hydrogen) atoms. The Bertz CT molecular complexity index is 2000. The van der Waals surface area contributed by atoms with Crippen LogP contribution in [0.2, 0.25) is 5.02 Å². The van der Waals surface area contributed by atoms with Crippen LogP contribution in [0.25, 0.3) is 21.9 Å². The minimum atomic E-state index is -4.57. The molecule has 250 valence electrons. The number of sulfonamides is 1. The lowest BCUT2D eigenvalue weighted by atomic mass is 9.66. The van der Waals surface area contributed by atoms with Crippen molar-refractivity contribution in [2.45, 2.75) is 61.1 Å². The molecule has 1 spiro atoms. The van der Waals surface area contributed by atoms with Crippen LogP contribution in [-0.4, -0.2) is 50.5 Å². The number of alkyl halides is 2. The molecule has 4 aromatic carbocycles. The summed E-state index contributed by atoms with van der Waals surface area (Å²) in [6.45, 7) is 0.483. The molecule has 3 saturated carbocycles. The SMILES string of the molecule is NC1C2CN(C(=O)[C@H](NS(=O)(=O)c3ccc4cc(OC5CCCC5)ccc4c3)C(F)(F)c3ccc(-c4ccc(Cl)cc4)cc3)CC13CC23. The van der Waals surface area contributed by atoms with Gasteiger partial charge < -0.3 is 15.4 Å². The Labute approximate surface area is 283 Å². The molecule has 7 nitrogen and oxygen atoms in total. The zero-order valence-corrected chi connectivity index (χ0v) is 27.7. The summed E-state index contributed by atoms with van der Waals surface area (Å²) < 4.78 is 69.1. The highest BCUT2D eigenvalue weighted by atomic mass is 35.5. The van der Waals surface area contributed by atoms with Crippen molar-refractivity contribution >= 4 is 38.3 Å². The van der Waals surface area contributed by atoms with Gasteiger partial charge in [-0.1, -0.05) is 60.1 Å². The third kappa shape index (κ3) is 5.37. The number of amides is 1. The van der Waals surface area contributed by atoms with E-state index in [-0.39, 0.29) is 41.5 Å². The number of nitrogens with two attached hydrogens (primary N) is 1. The first-order valence-corrected chi connectivity index (χ1v) is 18.3. The molecule has 3 N–H and O–H groups in total. The van der Waals surface area contributed by atoms with Crippen LogP contribution in [0.15, 0.2) is 89.8 Å². The Morgan fingerprint density at radius 2 is 1.60 bits per heavy atom. The van der Waals surface area contributed by atoms with Crippen LogP contribution in [0.4, 0.5) is 8.78 Å². The quantitative estimate of drug-likeness (QED) is 0.203. The molecular weight excluding hydrogens is 656 g/mol. The minimum absolute atomic E-state index is 0.0373. The van der Waals surface area contributed by atoms with Crippen molar-refractivity contribution in [3.63, 3.8) is 0 Å². The maximum atomic E-state index is 16.6. The van der Waals surface area contributed by atoms with Crippen LogP contribution in [0, 0.1) is 17.3 Å². The van der Waals surface area contributed by atoms with Crippen LogP contribution >= 0.6 is 11.6 Å². The monoisotopic (exact) mass is 691 g/mol. The number of hydrogen-bond donors (Lipinski definition) is 2. The number of carbonyl (C=O) groups is 1. The van der Waals surface area contributed by atoms with E-state index in [9.17, 15) is 13.2 Å². The molecule has 1 amide bonds. The van der Waals surface area contributed by atoms with Crippen LogP contribution in [-0.2, 0) is 20.7 Å². The van der Waals surface area contributed by atoms with Crippen molar-refractivity contribution in [1.29, 1.82) is 0 Å². The van der Waals surface area contributed by atoms with Gasteiger partial charge in [-0.2, -0.15) is 13.5 Å². The summed E-state index contributed by atoms with van der Waals surface area (Å²) in [7, 11) is -4.57. The van der Waals surface area contributed by atoms with Gasteiger partial charge in [-0.25, -0.2) is 8.42 Å². The lowest BCUT2D eigenvalue weighted by Gasteiger charge is -2.52. The van der Waals surface area contributed by atoms with Gasteiger partial charge in [-0.15, -0.1) is 0 Å². The number of carbonyl (C=O) groups excluding carboxylic acids is 1. The van der Waals surface area contributed by atoms with Gasteiger partial charge in [0, 0.05) is 35.1 Å². The fraction of sp³-hybridized carbons (Fsp3) is 0.378. The fourth-order valence-electron chi connectivity index (χ4n) is 8.26. The van der Waals surface area contributed by atoms with Crippen LogP contribution < -0.4 is 15.2 Å². The average Bonchev–Trinajstić information content (AvgIpc) is 3.51. The fourth-order valence-corrected chi connectivity index (χ4v) is 9.61. The second-order valence-corrected chi connectivity index (χ2v) is 16.1. The van der Waals surface area contributed by atoms with Gasteiger partial charge in [-0.05, 0) is 102 Å². The number of hydrogen-bond acceptors (Lipinski definition) is 5. The van der Waals surface area contributed by atoms with Gasteiger partial charge in [-0.3, -0.25) is 4.79 Å². The molecule has 5 fully saturated rings. The smallest absolute Gasteiger partial charge is 0.298 e. The van der Waals surface area contributed by atoms with Gasteiger partial charge >= 0.3 is 0 Å². The summed E-state index contributed by atoms with van der Waals surface area (Å²) in [4.78, 5) is 15.2. The maximum absolute atomic E-state index is 16.6. The number of ether oxygens (including phenoxy) is 1. The number of nitrogens with zero attached hydrogens (tertiary/aromatic N) is 1. The third-order valence-corrected chi connectivity index (χ3v) is 12.7. The van der Waals surface area contributed by atoms with E-state index in [0.717, 1.165) is 43.1 Å². The van der Waals surface area contributed by atoms with Gasteiger partial charge in [0.05, 0.1) is 11.0 Å². The number of nitrogens with one attached hydrogen (secondary N) is 1. The molecule has 0 radical (unpaired) electrons. The van der Waals surface area contributed by atoms with E-state index in [2.05, 4.69) is 4.72 Å². The molecule has 5 atom stereocenters. The normalized spacial score (nSPS) is 25.8. The number of rotatable bonds is 9. The Balaban J connectivity index is 1.09. The predicted molar refractivity (Wildman–Crippen MR) is 180 cm³/mol. The number of benzene rings is 4. The Kier molecular flexibility index (Phi) is 7.60. The van der Waals surface area contributed by atoms with Crippen molar-refractivity contribution in [2.24, 2.45) is 23.0 Å². The van der Waals surface area contributed by atoms with E-state index in [1.807, 2.05) is 6.07 Å². The summed E-state index contributed by atoms with van der Waals surface area (Å²) in [5.41, 5.74) is 7.08. The Hall–Kier alpha value is -3.57. The first kappa shape index (κ1) is 31.7. The van der Waals surface area contributed by atoms with Gasteiger partial charge in [0.15, 0.2) is 6.04 Å². The Morgan fingerprint density at radius 1 is 0.958 bits per heavy atom. The zero-order valence-electron chi connectivity index (χ0n) is 26.1. The molecule has 4 unspecified atom stereocenters. The topological polar surface area (TPSA) is 102 Å². The number of piperidine rings is 2. The van der Waals surface area contributed by atoms with Gasteiger partial charge in [0.25, 0.3) is 5.92 Å². The van der Waals surface area contributed by atoms with Crippen molar-refractivity contribution in [3.8, 4) is 16.9 Å². The summed E-state index contributed by atoms with van der Waals surface area (Å²) in [6, 6.07) is 19.9. The number of halogens is 3. The summed E-state index contributed by atoms with van der Waals surface area (Å²) >= 11 is 6.00. The minimum Gasteiger partial charge on any atom is -0.490 e. The molecule has 2 heterocycles. The van der Waals surface area contributed by atoms with E-state index >= 15 is 8.78 Å². The number of fused-ring (bicyclic) bond motifs is 3. The van der Waals surface area contributed by atoms with Crippen LogP contribution in [0.1, 0.15) is 37.7 Å². The molecule has 2 aliphatic heterocycles. The van der Waals surface area contributed by atoms with Crippen LogP contribution in [0.3, 0.4) is 0 Å². The summed E-state index contributed by atoms with van der Waals surface area (Å²) in [5, 5.41) is 1.91. The Morgan fingerprint density at radius 3 is 2.27 bits per heavy atom.